The van der Waals surface area contributed by atoms with Crippen LogP contribution in [0, 0.1) is 5.92 Å². The summed E-state index contributed by atoms with van der Waals surface area (Å²) in [6.45, 7) is 11.6. The Hall–Kier alpha value is -1.10. The van der Waals surface area contributed by atoms with Crippen LogP contribution in [-0.2, 0) is 14.3 Å². The minimum Gasteiger partial charge on any atom is -0.459 e. The summed E-state index contributed by atoms with van der Waals surface area (Å²) in [6.07, 6.45) is 2.68. The Labute approximate surface area is 128 Å². The first-order valence-corrected chi connectivity index (χ1v) is 7.92. The number of hydrogen-bond donors (Lipinski definition) is 1. The van der Waals surface area contributed by atoms with Crippen molar-refractivity contribution in [2.24, 2.45) is 5.92 Å². The fraction of sp³-hybridized carbons (Fsp3) is 0.875. The predicted octanol–water partition coefficient (Wildman–Crippen LogP) is 1.95. The largest absolute Gasteiger partial charge is 0.459 e. The van der Waals surface area contributed by atoms with Crippen LogP contribution in [0.25, 0.3) is 0 Å². The third kappa shape index (κ3) is 6.93. The highest BCUT2D eigenvalue weighted by Gasteiger charge is 2.34. The van der Waals surface area contributed by atoms with Crippen molar-refractivity contribution in [2.75, 3.05) is 19.6 Å². The lowest BCUT2D eigenvalue weighted by atomic mass is 10.1. The lowest BCUT2D eigenvalue weighted by Crippen LogP contribution is -2.45. The fourth-order valence-electron chi connectivity index (χ4n) is 2.39. The molecule has 0 unspecified atom stereocenters. The molecule has 0 radical (unpaired) electrons. The number of rotatable bonds is 6. The molecular formula is C16H30N2O3. The lowest BCUT2D eigenvalue weighted by molar-refractivity contribution is -0.160. The van der Waals surface area contributed by atoms with E-state index in [1.165, 1.54) is 0 Å². The van der Waals surface area contributed by atoms with E-state index in [-0.39, 0.29) is 24.5 Å². The maximum atomic E-state index is 12.2. The molecule has 0 aromatic carbocycles. The van der Waals surface area contributed by atoms with Crippen LogP contribution in [0.15, 0.2) is 0 Å². The van der Waals surface area contributed by atoms with Crippen LogP contribution >= 0.6 is 0 Å². The van der Waals surface area contributed by atoms with Crippen molar-refractivity contribution in [3.63, 3.8) is 0 Å². The van der Waals surface area contributed by atoms with Gasteiger partial charge >= 0.3 is 5.97 Å². The first kappa shape index (κ1) is 18.0. The molecule has 1 fully saturated rings. The van der Waals surface area contributed by atoms with Crippen molar-refractivity contribution in [1.29, 1.82) is 0 Å². The molecule has 1 saturated heterocycles. The molecule has 0 aromatic rings. The zero-order valence-electron chi connectivity index (χ0n) is 14.1. The summed E-state index contributed by atoms with van der Waals surface area (Å²) < 4.78 is 5.43. The second-order valence-electron chi connectivity index (χ2n) is 7.19. The molecule has 1 N–H and O–H groups in total. The Morgan fingerprint density at radius 3 is 2.57 bits per heavy atom. The molecule has 1 amide bonds. The van der Waals surface area contributed by atoms with Gasteiger partial charge in [0.15, 0.2) is 0 Å². The summed E-state index contributed by atoms with van der Waals surface area (Å²) in [4.78, 5) is 26.0. The van der Waals surface area contributed by atoms with Gasteiger partial charge < -0.3 is 10.1 Å². The number of esters is 1. The topological polar surface area (TPSA) is 58.6 Å². The fourth-order valence-corrected chi connectivity index (χ4v) is 2.39. The zero-order valence-corrected chi connectivity index (χ0v) is 14.1. The van der Waals surface area contributed by atoms with Gasteiger partial charge in [-0.1, -0.05) is 13.8 Å². The highest BCUT2D eigenvalue weighted by atomic mass is 16.6. The summed E-state index contributed by atoms with van der Waals surface area (Å²) in [5.41, 5.74) is -0.481. The molecule has 0 saturated carbocycles. The quantitative estimate of drug-likeness (QED) is 0.762. The summed E-state index contributed by atoms with van der Waals surface area (Å²) in [7, 11) is 0. The number of nitrogens with zero attached hydrogens (tertiary/aromatic N) is 1. The molecule has 0 aliphatic carbocycles. The van der Waals surface area contributed by atoms with Crippen molar-refractivity contribution < 1.29 is 14.3 Å². The third-order valence-corrected chi connectivity index (χ3v) is 3.43. The Balaban J connectivity index is 2.42. The van der Waals surface area contributed by atoms with E-state index in [4.69, 9.17) is 4.74 Å². The Kier molecular flexibility index (Phi) is 6.65. The molecule has 21 heavy (non-hydrogen) atoms. The first-order valence-electron chi connectivity index (χ1n) is 7.92. The van der Waals surface area contributed by atoms with Crippen molar-refractivity contribution in [3.8, 4) is 0 Å². The minimum absolute atomic E-state index is 0.00823. The summed E-state index contributed by atoms with van der Waals surface area (Å²) in [6, 6.07) is -0.278. The molecular weight excluding hydrogens is 268 g/mol. The highest BCUT2D eigenvalue weighted by molar-refractivity contribution is 5.81. The molecule has 0 spiro atoms. The van der Waals surface area contributed by atoms with Crippen molar-refractivity contribution in [3.05, 3.63) is 0 Å². The standard InChI is InChI=1S/C16H30N2O3/c1-12(2)8-9-17-14(19)11-18-10-6-7-13(18)15(20)21-16(3,4)5/h12-13H,6-11H2,1-5H3,(H,17,19)/t13-/m1/s1. The number of ether oxygens (including phenoxy) is 1. The van der Waals surface area contributed by atoms with Gasteiger partial charge in [-0.25, -0.2) is 0 Å². The van der Waals surface area contributed by atoms with Gasteiger partial charge in [0.05, 0.1) is 6.54 Å². The van der Waals surface area contributed by atoms with Crippen LogP contribution in [0.4, 0.5) is 0 Å². The number of amides is 1. The summed E-state index contributed by atoms with van der Waals surface area (Å²) >= 11 is 0. The SMILES string of the molecule is CC(C)CCNC(=O)CN1CCC[C@@H]1C(=O)OC(C)(C)C. The normalized spacial score (nSPS) is 19.8. The first-order chi connectivity index (χ1) is 9.69. The number of likely N-dealkylation sites (tertiary alicyclic amines) is 1. The van der Waals surface area contributed by atoms with E-state index >= 15 is 0 Å². The minimum atomic E-state index is -0.481. The van der Waals surface area contributed by atoms with E-state index in [9.17, 15) is 9.59 Å². The van der Waals surface area contributed by atoms with E-state index in [1.54, 1.807) is 0 Å². The number of hydrogen-bond acceptors (Lipinski definition) is 4. The Morgan fingerprint density at radius 2 is 2.00 bits per heavy atom. The molecule has 1 rings (SSSR count). The van der Waals surface area contributed by atoms with Gasteiger partial charge in [-0.2, -0.15) is 0 Å². The second kappa shape index (κ2) is 7.78. The van der Waals surface area contributed by atoms with Gasteiger partial charge in [0.25, 0.3) is 0 Å². The van der Waals surface area contributed by atoms with E-state index in [0.29, 0.717) is 12.5 Å². The molecule has 0 aromatic heterocycles. The second-order valence-corrected chi connectivity index (χ2v) is 7.19. The van der Waals surface area contributed by atoms with Crippen LogP contribution in [0.5, 0.6) is 0 Å². The Morgan fingerprint density at radius 1 is 1.33 bits per heavy atom. The van der Waals surface area contributed by atoms with Gasteiger partial charge in [0.2, 0.25) is 5.91 Å². The van der Waals surface area contributed by atoms with Gasteiger partial charge in [-0.05, 0) is 52.5 Å². The van der Waals surface area contributed by atoms with Crippen molar-refractivity contribution in [2.45, 2.75) is 65.5 Å². The van der Waals surface area contributed by atoms with Crippen molar-refractivity contribution >= 4 is 11.9 Å². The van der Waals surface area contributed by atoms with E-state index in [1.807, 2.05) is 25.7 Å². The van der Waals surface area contributed by atoms with Crippen LogP contribution < -0.4 is 5.32 Å². The van der Waals surface area contributed by atoms with Crippen molar-refractivity contribution in [1.82, 2.24) is 10.2 Å². The van der Waals surface area contributed by atoms with Crippen LogP contribution in [0.2, 0.25) is 0 Å². The molecule has 1 atom stereocenters. The van der Waals surface area contributed by atoms with Crippen LogP contribution in [0.1, 0.15) is 53.9 Å². The van der Waals surface area contributed by atoms with Crippen LogP contribution in [0.3, 0.4) is 0 Å². The molecule has 5 nitrogen and oxygen atoms in total. The molecule has 5 heteroatoms. The number of carbonyl (C=O) groups excluding carboxylic acids is 2. The van der Waals surface area contributed by atoms with E-state index in [2.05, 4.69) is 19.2 Å². The van der Waals surface area contributed by atoms with Gasteiger partial charge in [-0.3, -0.25) is 14.5 Å². The zero-order chi connectivity index (χ0) is 16.0. The summed E-state index contributed by atoms with van der Waals surface area (Å²) in [5.74, 6) is 0.354. The van der Waals surface area contributed by atoms with Gasteiger partial charge in [0.1, 0.15) is 11.6 Å². The van der Waals surface area contributed by atoms with Crippen LogP contribution in [-0.4, -0.2) is 48.1 Å². The average Bonchev–Trinajstić information content (AvgIpc) is 2.74. The molecule has 1 aliphatic heterocycles. The average molecular weight is 298 g/mol. The number of nitrogens with one attached hydrogen (secondary N) is 1. The van der Waals surface area contributed by atoms with Gasteiger partial charge in [0, 0.05) is 6.54 Å². The maximum Gasteiger partial charge on any atom is 0.323 e. The maximum absolute atomic E-state index is 12.2. The molecule has 1 aliphatic rings. The predicted molar refractivity (Wildman–Crippen MR) is 82.9 cm³/mol. The summed E-state index contributed by atoms with van der Waals surface area (Å²) in [5, 5.41) is 2.92. The molecule has 1 heterocycles. The number of carbonyl (C=O) groups is 2. The van der Waals surface area contributed by atoms with E-state index < -0.39 is 5.60 Å². The molecule has 122 valence electrons. The third-order valence-electron chi connectivity index (χ3n) is 3.43. The lowest BCUT2D eigenvalue weighted by Gasteiger charge is -2.27. The molecule has 0 bridgehead atoms. The highest BCUT2D eigenvalue weighted by Crippen LogP contribution is 2.20. The monoisotopic (exact) mass is 298 g/mol. The van der Waals surface area contributed by atoms with E-state index in [0.717, 1.165) is 25.8 Å². The van der Waals surface area contributed by atoms with Gasteiger partial charge in [-0.15, -0.1) is 0 Å². The smallest absolute Gasteiger partial charge is 0.323 e. The Bertz CT molecular complexity index is 361.